The monoisotopic (exact) mass is 303 g/mol. The Kier molecular flexibility index (Phi) is 4.94. The molecule has 0 unspecified atom stereocenters. The van der Waals surface area contributed by atoms with E-state index in [1.54, 1.807) is 6.07 Å². The van der Waals surface area contributed by atoms with Gasteiger partial charge in [-0.15, -0.1) is 17.0 Å². The van der Waals surface area contributed by atoms with E-state index in [1.165, 1.54) is 0 Å². The van der Waals surface area contributed by atoms with Gasteiger partial charge in [-0.3, -0.25) is 0 Å². The molecule has 4 nitrogen and oxygen atoms in total. The van der Waals surface area contributed by atoms with Crippen LogP contribution in [0.3, 0.4) is 0 Å². The van der Waals surface area contributed by atoms with Gasteiger partial charge < -0.3 is 20.7 Å². The lowest BCUT2D eigenvalue weighted by Gasteiger charge is -2.32. The predicted octanol–water partition coefficient (Wildman–Crippen LogP) is 1.21. The summed E-state index contributed by atoms with van der Waals surface area (Å²) in [5.41, 5.74) is 8.58. The number of ether oxygens (including phenoxy) is 1. The van der Waals surface area contributed by atoms with Crippen LogP contribution in [-0.2, 0) is 11.2 Å². The van der Waals surface area contributed by atoms with Gasteiger partial charge in [0.05, 0.1) is 18.8 Å². The normalized spacial score (nSPS) is 22.8. The van der Waals surface area contributed by atoms with Crippen molar-refractivity contribution in [3.05, 3.63) is 28.8 Å². The Morgan fingerprint density at radius 3 is 2.76 bits per heavy atom. The molecular formula is C12H18BrNO3. The molecule has 17 heavy (non-hydrogen) atoms. The minimum atomic E-state index is -0.270. The highest BCUT2D eigenvalue weighted by Crippen LogP contribution is 2.36. The molecule has 1 heterocycles. The molecule has 1 aliphatic heterocycles. The topological polar surface area (TPSA) is 75.7 Å². The molecule has 0 radical (unpaired) electrons. The van der Waals surface area contributed by atoms with E-state index >= 15 is 0 Å². The average molecular weight is 304 g/mol. The molecule has 0 spiro atoms. The van der Waals surface area contributed by atoms with Crippen LogP contribution in [0.4, 0.5) is 0 Å². The number of hydrogen-bond acceptors (Lipinski definition) is 4. The Balaban J connectivity index is 0.00000144. The van der Waals surface area contributed by atoms with Crippen LogP contribution < -0.4 is 5.73 Å². The third-order valence-electron chi connectivity index (χ3n) is 3.08. The molecule has 1 aromatic rings. The summed E-state index contributed by atoms with van der Waals surface area (Å²) < 4.78 is 5.66. The Labute approximate surface area is 111 Å². The van der Waals surface area contributed by atoms with Crippen LogP contribution in [-0.4, -0.2) is 29.5 Å². The van der Waals surface area contributed by atoms with Gasteiger partial charge in [0.25, 0.3) is 0 Å². The van der Waals surface area contributed by atoms with Crippen LogP contribution >= 0.6 is 17.0 Å². The summed E-state index contributed by atoms with van der Waals surface area (Å²) >= 11 is 0. The number of phenols is 1. The smallest absolute Gasteiger partial charge is 0.119 e. The molecular weight excluding hydrogens is 286 g/mol. The van der Waals surface area contributed by atoms with Crippen molar-refractivity contribution in [2.24, 2.45) is 5.73 Å². The summed E-state index contributed by atoms with van der Waals surface area (Å²) in [5, 5.41) is 19.0. The molecule has 0 saturated carbocycles. The average Bonchev–Trinajstić information content (AvgIpc) is 2.32. The Morgan fingerprint density at radius 1 is 1.47 bits per heavy atom. The number of fused-ring (bicyclic) bond motifs is 1. The fraction of sp³-hybridized carbons (Fsp3) is 0.500. The van der Waals surface area contributed by atoms with Gasteiger partial charge in [-0.05, 0) is 24.1 Å². The number of aryl methyl sites for hydroxylation is 1. The van der Waals surface area contributed by atoms with Crippen LogP contribution in [0.25, 0.3) is 0 Å². The van der Waals surface area contributed by atoms with Gasteiger partial charge >= 0.3 is 0 Å². The number of hydrogen-bond donors (Lipinski definition) is 3. The molecule has 0 fully saturated rings. The fourth-order valence-electron chi connectivity index (χ4n) is 2.29. The number of halogens is 1. The zero-order valence-corrected chi connectivity index (χ0v) is 11.4. The maximum Gasteiger partial charge on any atom is 0.119 e. The number of aromatic hydroxyl groups is 1. The molecule has 0 aromatic heterocycles. The molecule has 0 aliphatic carbocycles. The zero-order chi connectivity index (χ0) is 11.7. The Morgan fingerprint density at radius 2 is 2.18 bits per heavy atom. The maximum atomic E-state index is 9.83. The highest BCUT2D eigenvalue weighted by molar-refractivity contribution is 8.93. The highest BCUT2D eigenvalue weighted by atomic mass is 79.9. The first kappa shape index (κ1) is 14.4. The SMILES string of the molecule is Br.Cc1ccc(O)c2c1[C@H](CN)O[C@H](CO)C2. The summed E-state index contributed by atoms with van der Waals surface area (Å²) in [7, 11) is 0. The number of aliphatic hydroxyl groups excluding tert-OH is 1. The van der Waals surface area contributed by atoms with Gasteiger partial charge in [0, 0.05) is 18.5 Å². The molecule has 1 aliphatic rings. The molecule has 5 heteroatoms. The predicted molar refractivity (Wildman–Crippen MR) is 70.6 cm³/mol. The number of nitrogens with two attached hydrogens (primary N) is 1. The van der Waals surface area contributed by atoms with Crippen LogP contribution in [0.5, 0.6) is 5.75 Å². The Bertz CT molecular complexity index is 398. The molecule has 96 valence electrons. The van der Waals surface area contributed by atoms with Gasteiger partial charge in [0.1, 0.15) is 5.75 Å². The van der Waals surface area contributed by atoms with E-state index in [4.69, 9.17) is 15.6 Å². The van der Waals surface area contributed by atoms with Crippen LogP contribution in [0.1, 0.15) is 22.8 Å². The van der Waals surface area contributed by atoms with Gasteiger partial charge in [-0.2, -0.15) is 0 Å². The lowest BCUT2D eigenvalue weighted by Crippen LogP contribution is -2.33. The number of phenolic OH excluding ortho intramolecular Hbond substituents is 1. The second-order valence-electron chi connectivity index (χ2n) is 4.16. The zero-order valence-electron chi connectivity index (χ0n) is 9.72. The Hall–Kier alpha value is -0.620. The van der Waals surface area contributed by atoms with Crippen LogP contribution in [0.15, 0.2) is 12.1 Å². The van der Waals surface area contributed by atoms with Crippen molar-refractivity contribution in [3.8, 4) is 5.75 Å². The van der Waals surface area contributed by atoms with Crippen molar-refractivity contribution < 1.29 is 14.9 Å². The molecule has 4 N–H and O–H groups in total. The fourth-order valence-corrected chi connectivity index (χ4v) is 2.29. The minimum Gasteiger partial charge on any atom is -0.508 e. The van der Waals surface area contributed by atoms with Crippen LogP contribution in [0.2, 0.25) is 0 Å². The summed E-state index contributed by atoms with van der Waals surface area (Å²) in [4.78, 5) is 0. The largest absolute Gasteiger partial charge is 0.508 e. The minimum absolute atomic E-state index is 0. The van der Waals surface area contributed by atoms with E-state index < -0.39 is 0 Å². The first-order chi connectivity index (χ1) is 7.67. The summed E-state index contributed by atoms with van der Waals surface area (Å²) in [5.74, 6) is 0.265. The van der Waals surface area contributed by atoms with Crippen molar-refractivity contribution >= 4 is 17.0 Å². The standard InChI is InChI=1S/C12H17NO3.BrH/c1-7-2-3-10(15)9-4-8(6-14)16-11(5-13)12(7)9;/h2-3,8,11,14-15H,4-6,13H2,1H3;1H/t8-,11-;/m0./s1. The van der Waals surface area contributed by atoms with E-state index in [0.29, 0.717) is 13.0 Å². The molecule has 1 aromatic carbocycles. The van der Waals surface area contributed by atoms with Gasteiger partial charge in [0.2, 0.25) is 0 Å². The summed E-state index contributed by atoms with van der Waals surface area (Å²) in [6.07, 6.45) is 0.0392. The summed E-state index contributed by atoms with van der Waals surface area (Å²) in [6, 6.07) is 3.54. The highest BCUT2D eigenvalue weighted by Gasteiger charge is 2.29. The lowest BCUT2D eigenvalue weighted by molar-refractivity contribution is -0.0474. The third-order valence-corrected chi connectivity index (χ3v) is 3.08. The van der Waals surface area contributed by atoms with Crippen LogP contribution in [0, 0.1) is 6.92 Å². The molecule has 0 saturated heterocycles. The first-order valence-corrected chi connectivity index (χ1v) is 5.45. The molecule has 2 rings (SSSR count). The van der Waals surface area contributed by atoms with Crippen molar-refractivity contribution in [1.29, 1.82) is 0 Å². The molecule has 0 amide bonds. The van der Waals surface area contributed by atoms with E-state index in [1.807, 2.05) is 13.0 Å². The maximum absolute atomic E-state index is 9.83. The lowest BCUT2D eigenvalue weighted by atomic mass is 9.90. The molecule has 2 atom stereocenters. The quantitative estimate of drug-likeness (QED) is 0.768. The van der Waals surface area contributed by atoms with Gasteiger partial charge in [-0.1, -0.05) is 6.07 Å². The number of aliphatic hydroxyl groups is 1. The number of rotatable bonds is 2. The van der Waals surface area contributed by atoms with Gasteiger partial charge in [-0.25, -0.2) is 0 Å². The first-order valence-electron chi connectivity index (χ1n) is 5.45. The third kappa shape index (κ3) is 2.63. The van der Waals surface area contributed by atoms with Crippen molar-refractivity contribution in [1.82, 2.24) is 0 Å². The van der Waals surface area contributed by atoms with E-state index in [9.17, 15) is 5.11 Å². The van der Waals surface area contributed by atoms with Gasteiger partial charge in [0.15, 0.2) is 0 Å². The summed E-state index contributed by atoms with van der Waals surface area (Å²) in [6.45, 7) is 2.28. The number of benzene rings is 1. The van der Waals surface area contributed by atoms with E-state index in [2.05, 4.69) is 0 Å². The van der Waals surface area contributed by atoms with Crippen molar-refractivity contribution in [2.75, 3.05) is 13.2 Å². The molecule has 0 bridgehead atoms. The van der Waals surface area contributed by atoms with E-state index in [-0.39, 0.29) is 41.5 Å². The van der Waals surface area contributed by atoms with Crippen molar-refractivity contribution in [2.45, 2.75) is 25.6 Å². The second-order valence-corrected chi connectivity index (χ2v) is 4.16. The van der Waals surface area contributed by atoms with Crippen molar-refractivity contribution in [3.63, 3.8) is 0 Å². The second kappa shape index (κ2) is 5.82. The van der Waals surface area contributed by atoms with E-state index in [0.717, 1.165) is 16.7 Å².